The molecule has 0 radical (unpaired) electrons. The number of anilines is 1. The Morgan fingerprint density at radius 3 is 2.45 bits per heavy atom. The number of rotatable bonds is 5. The van der Waals surface area contributed by atoms with Crippen LogP contribution in [0.1, 0.15) is 6.42 Å². The van der Waals surface area contributed by atoms with Crippen LogP contribution in [0.3, 0.4) is 0 Å². The minimum atomic E-state index is -3.24. The van der Waals surface area contributed by atoms with E-state index in [1.54, 1.807) is 4.90 Å². The molecule has 1 fully saturated rings. The SMILES string of the molecule is CS(=O)(=O)NCCC(=O)N1CCN(c2ccccc2Cl)CC1. The summed E-state index contributed by atoms with van der Waals surface area (Å²) >= 11 is 6.18. The molecule has 1 saturated heterocycles. The largest absolute Gasteiger partial charge is 0.367 e. The highest BCUT2D eigenvalue weighted by Crippen LogP contribution is 2.26. The number of hydrogen-bond acceptors (Lipinski definition) is 4. The van der Waals surface area contributed by atoms with Crippen molar-refractivity contribution in [1.82, 2.24) is 9.62 Å². The van der Waals surface area contributed by atoms with Crippen molar-refractivity contribution >= 4 is 33.2 Å². The lowest BCUT2D eigenvalue weighted by Crippen LogP contribution is -2.49. The van der Waals surface area contributed by atoms with E-state index in [1.807, 2.05) is 24.3 Å². The maximum absolute atomic E-state index is 12.0. The first-order valence-corrected chi connectivity index (χ1v) is 9.35. The number of piperazine rings is 1. The van der Waals surface area contributed by atoms with Crippen molar-refractivity contribution in [3.8, 4) is 0 Å². The monoisotopic (exact) mass is 345 g/mol. The van der Waals surface area contributed by atoms with E-state index in [2.05, 4.69) is 9.62 Å². The van der Waals surface area contributed by atoms with Gasteiger partial charge in [-0.15, -0.1) is 0 Å². The molecule has 0 unspecified atom stereocenters. The number of halogens is 1. The number of carbonyl (C=O) groups excluding carboxylic acids is 1. The van der Waals surface area contributed by atoms with Gasteiger partial charge < -0.3 is 9.80 Å². The van der Waals surface area contributed by atoms with Crippen LogP contribution in [0.2, 0.25) is 5.02 Å². The number of carbonyl (C=O) groups is 1. The molecule has 0 bridgehead atoms. The van der Waals surface area contributed by atoms with Gasteiger partial charge in [0.25, 0.3) is 0 Å². The van der Waals surface area contributed by atoms with Gasteiger partial charge in [-0.3, -0.25) is 4.79 Å². The van der Waals surface area contributed by atoms with Crippen LogP contribution < -0.4 is 9.62 Å². The molecule has 6 nitrogen and oxygen atoms in total. The Morgan fingerprint density at radius 2 is 1.86 bits per heavy atom. The van der Waals surface area contributed by atoms with Gasteiger partial charge in [0.15, 0.2) is 0 Å². The summed E-state index contributed by atoms with van der Waals surface area (Å²) in [6, 6.07) is 7.65. The van der Waals surface area contributed by atoms with Crippen molar-refractivity contribution in [2.45, 2.75) is 6.42 Å². The van der Waals surface area contributed by atoms with Crippen LogP contribution >= 0.6 is 11.6 Å². The third kappa shape index (κ3) is 4.86. The number of nitrogens with one attached hydrogen (secondary N) is 1. The van der Waals surface area contributed by atoms with Crippen LogP contribution in [-0.2, 0) is 14.8 Å². The second-order valence-electron chi connectivity index (χ2n) is 5.24. The maximum atomic E-state index is 12.0. The minimum Gasteiger partial charge on any atom is -0.367 e. The predicted molar refractivity (Wildman–Crippen MR) is 87.7 cm³/mol. The Labute approximate surface area is 136 Å². The molecule has 122 valence electrons. The quantitative estimate of drug-likeness (QED) is 0.862. The van der Waals surface area contributed by atoms with Crippen molar-refractivity contribution in [2.24, 2.45) is 0 Å². The third-order valence-corrected chi connectivity index (χ3v) is 4.58. The lowest BCUT2D eigenvalue weighted by molar-refractivity contribution is -0.131. The zero-order valence-electron chi connectivity index (χ0n) is 12.5. The number of amides is 1. The lowest BCUT2D eigenvalue weighted by atomic mass is 10.2. The fourth-order valence-electron chi connectivity index (χ4n) is 2.41. The summed E-state index contributed by atoms with van der Waals surface area (Å²) in [5.74, 6) is -0.0324. The standard InChI is InChI=1S/C14H20ClN3O3S/c1-22(20,21)16-7-6-14(19)18-10-8-17(9-11-18)13-5-3-2-4-12(13)15/h2-5,16H,6-11H2,1H3. The van der Waals surface area contributed by atoms with Crippen LogP contribution in [0.4, 0.5) is 5.69 Å². The summed E-state index contributed by atoms with van der Waals surface area (Å²) in [6.07, 6.45) is 1.26. The molecule has 1 N–H and O–H groups in total. The molecule has 0 aliphatic carbocycles. The lowest BCUT2D eigenvalue weighted by Gasteiger charge is -2.36. The number of sulfonamides is 1. The molecule has 1 aromatic carbocycles. The molecular weight excluding hydrogens is 326 g/mol. The summed E-state index contributed by atoms with van der Waals surface area (Å²) in [6.45, 7) is 2.80. The van der Waals surface area contributed by atoms with Crippen molar-refractivity contribution in [1.29, 1.82) is 0 Å². The van der Waals surface area contributed by atoms with Crippen LogP contribution in [0.5, 0.6) is 0 Å². The molecule has 1 aliphatic rings. The minimum absolute atomic E-state index is 0.0324. The number of nitrogens with zero attached hydrogens (tertiary/aromatic N) is 2. The van der Waals surface area contributed by atoms with E-state index in [9.17, 15) is 13.2 Å². The van der Waals surface area contributed by atoms with Gasteiger partial charge in [0.1, 0.15) is 0 Å². The first kappa shape index (κ1) is 17.1. The normalized spacial score (nSPS) is 15.9. The molecule has 0 aromatic heterocycles. The number of benzene rings is 1. The summed E-state index contributed by atoms with van der Waals surface area (Å²) in [5, 5.41) is 0.708. The first-order valence-electron chi connectivity index (χ1n) is 7.09. The van der Waals surface area contributed by atoms with Gasteiger partial charge >= 0.3 is 0 Å². The van der Waals surface area contributed by atoms with E-state index in [-0.39, 0.29) is 18.9 Å². The Morgan fingerprint density at radius 1 is 1.23 bits per heavy atom. The average Bonchev–Trinajstić information content (AvgIpc) is 2.46. The van der Waals surface area contributed by atoms with Crippen LogP contribution in [-0.4, -0.2) is 58.2 Å². The Kier molecular flexibility index (Phi) is 5.66. The number of para-hydroxylation sites is 1. The van der Waals surface area contributed by atoms with Gasteiger partial charge in [0.05, 0.1) is 17.0 Å². The fourth-order valence-corrected chi connectivity index (χ4v) is 3.13. The van der Waals surface area contributed by atoms with Gasteiger partial charge in [0.2, 0.25) is 15.9 Å². The van der Waals surface area contributed by atoms with Gasteiger partial charge in [-0.25, -0.2) is 13.1 Å². The Balaban J connectivity index is 1.82. The summed E-state index contributed by atoms with van der Waals surface area (Å²) in [7, 11) is -3.24. The molecule has 1 heterocycles. The average molecular weight is 346 g/mol. The molecule has 0 saturated carbocycles. The third-order valence-electron chi connectivity index (χ3n) is 3.53. The van der Waals surface area contributed by atoms with Gasteiger partial charge in [0, 0.05) is 39.1 Å². The zero-order chi connectivity index (χ0) is 16.2. The van der Waals surface area contributed by atoms with Crippen LogP contribution in [0.25, 0.3) is 0 Å². The van der Waals surface area contributed by atoms with E-state index >= 15 is 0 Å². The summed E-state index contributed by atoms with van der Waals surface area (Å²) in [4.78, 5) is 16.0. The molecule has 1 aromatic rings. The highest BCUT2D eigenvalue weighted by molar-refractivity contribution is 7.88. The van der Waals surface area contributed by atoms with Crippen LogP contribution in [0, 0.1) is 0 Å². The van der Waals surface area contributed by atoms with Crippen molar-refractivity contribution in [3.63, 3.8) is 0 Å². The molecule has 1 amide bonds. The second-order valence-corrected chi connectivity index (χ2v) is 7.48. The van der Waals surface area contributed by atoms with E-state index < -0.39 is 10.0 Å². The molecule has 2 rings (SSSR count). The molecular formula is C14H20ClN3O3S. The second kappa shape index (κ2) is 7.30. The fraction of sp³-hybridized carbons (Fsp3) is 0.500. The Bertz CT molecular complexity index is 628. The highest BCUT2D eigenvalue weighted by Gasteiger charge is 2.22. The number of hydrogen-bond donors (Lipinski definition) is 1. The van der Waals surface area contributed by atoms with Crippen LogP contribution in [0.15, 0.2) is 24.3 Å². The topological polar surface area (TPSA) is 69.7 Å². The van der Waals surface area contributed by atoms with Gasteiger partial charge in [-0.2, -0.15) is 0 Å². The summed E-state index contributed by atoms with van der Waals surface area (Å²) < 4.78 is 24.3. The van der Waals surface area contributed by atoms with Crippen molar-refractivity contribution in [3.05, 3.63) is 29.3 Å². The Hall–Kier alpha value is -1.31. The predicted octanol–water partition coefficient (Wildman–Crippen LogP) is 0.928. The van der Waals surface area contributed by atoms with E-state index in [0.29, 0.717) is 18.1 Å². The zero-order valence-corrected chi connectivity index (χ0v) is 14.0. The highest BCUT2D eigenvalue weighted by atomic mass is 35.5. The maximum Gasteiger partial charge on any atom is 0.224 e. The molecule has 8 heteroatoms. The smallest absolute Gasteiger partial charge is 0.224 e. The molecule has 1 aliphatic heterocycles. The molecule has 0 atom stereocenters. The van der Waals surface area contributed by atoms with E-state index in [1.165, 1.54) is 0 Å². The van der Waals surface area contributed by atoms with E-state index in [4.69, 9.17) is 11.6 Å². The first-order chi connectivity index (χ1) is 10.4. The van der Waals surface area contributed by atoms with Gasteiger partial charge in [-0.05, 0) is 12.1 Å². The van der Waals surface area contributed by atoms with Crippen molar-refractivity contribution < 1.29 is 13.2 Å². The summed E-state index contributed by atoms with van der Waals surface area (Å²) in [5.41, 5.74) is 0.981. The molecule has 22 heavy (non-hydrogen) atoms. The molecule has 0 spiro atoms. The van der Waals surface area contributed by atoms with E-state index in [0.717, 1.165) is 25.0 Å². The van der Waals surface area contributed by atoms with Crippen molar-refractivity contribution in [2.75, 3.05) is 43.9 Å². The van der Waals surface area contributed by atoms with Gasteiger partial charge in [-0.1, -0.05) is 23.7 Å².